The van der Waals surface area contributed by atoms with Crippen molar-refractivity contribution in [2.45, 2.75) is 31.2 Å². The van der Waals surface area contributed by atoms with E-state index >= 15 is 0 Å². The minimum atomic E-state index is -1.44. The molecule has 0 aliphatic rings. The molecule has 0 aromatic heterocycles. The van der Waals surface area contributed by atoms with Gasteiger partial charge < -0.3 is 4.79 Å². The predicted molar refractivity (Wildman–Crippen MR) is 41.2 cm³/mol. The van der Waals surface area contributed by atoms with Crippen LogP contribution in [0.15, 0.2) is 0 Å². The van der Waals surface area contributed by atoms with Crippen molar-refractivity contribution in [3.63, 3.8) is 0 Å². The highest BCUT2D eigenvalue weighted by Crippen LogP contribution is 2.25. The first-order chi connectivity index (χ1) is 5.06. The first-order valence-electron chi connectivity index (χ1n) is 3.34. The second-order valence-corrected chi connectivity index (χ2v) is 2.94. The highest BCUT2D eigenvalue weighted by atomic mass is 35.5. The van der Waals surface area contributed by atoms with Crippen molar-refractivity contribution < 1.29 is 9.72 Å². The maximum atomic E-state index is 10.3. The third-order valence-electron chi connectivity index (χ3n) is 1.51. The molecule has 0 heterocycles. The van der Waals surface area contributed by atoms with Gasteiger partial charge in [0, 0.05) is 24.2 Å². The molecule has 0 amide bonds. The minimum absolute atomic E-state index is 0.0988. The number of hydrogen-bond donors (Lipinski definition) is 0. The van der Waals surface area contributed by atoms with Crippen LogP contribution >= 0.6 is 11.6 Å². The number of nitrogens with zero attached hydrogens (tertiary/aromatic N) is 1. The van der Waals surface area contributed by atoms with Crippen molar-refractivity contribution in [2.75, 3.05) is 0 Å². The highest BCUT2D eigenvalue weighted by Gasteiger charge is 2.37. The smallest absolute Gasteiger partial charge is 0.295 e. The van der Waals surface area contributed by atoms with E-state index in [2.05, 4.69) is 0 Å². The van der Waals surface area contributed by atoms with E-state index in [9.17, 15) is 14.9 Å². The molecule has 64 valence electrons. The molecule has 0 aliphatic carbocycles. The highest BCUT2D eigenvalue weighted by molar-refractivity contribution is 6.22. The Morgan fingerprint density at radius 3 is 2.55 bits per heavy atom. The van der Waals surface area contributed by atoms with Crippen molar-refractivity contribution in [1.29, 1.82) is 0 Å². The molecule has 0 rings (SSSR count). The van der Waals surface area contributed by atoms with Gasteiger partial charge in [0.15, 0.2) is 0 Å². The summed E-state index contributed by atoms with van der Waals surface area (Å²) in [5.74, 6) is 0. The van der Waals surface area contributed by atoms with Crippen molar-refractivity contribution in [3.8, 4) is 0 Å². The largest absolute Gasteiger partial charge is 0.303 e. The van der Waals surface area contributed by atoms with Gasteiger partial charge in [0.2, 0.25) is 0 Å². The van der Waals surface area contributed by atoms with Crippen LogP contribution in [0.25, 0.3) is 0 Å². The van der Waals surface area contributed by atoms with Crippen molar-refractivity contribution >= 4 is 17.9 Å². The molecule has 0 bridgehead atoms. The SMILES string of the molecule is CCC(Cl)(CCC=O)[N+](=O)[O-]. The number of carbonyl (C=O) groups excluding carboxylic acids is 1. The lowest BCUT2D eigenvalue weighted by Crippen LogP contribution is -2.30. The van der Waals surface area contributed by atoms with E-state index in [0.29, 0.717) is 6.29 Å². The topological polar surface area (TPSA) is 60.2 Å². The van der Waals surface area contributed by atoms with Crippen LogP contribution in [-0.2, 0) is 4.79 Å². The van der Waals surface area contributed by atoms with Gasteiger partial charge in [0.05, 0.1) is 0 Å². The molecule has 0 saturated carbocycles. The standard InChI is InChI=1S/C6H10ClNO3/c1-2-6(7,8(10)11)4-3-5-9/h5H,2-4H2,1H3. The molecule has 0 aromatic carbocycles. The molecule has 1 atom stereocenters. The Kier molecular flexibility index (Phi) is 4.03. The quantitative estimate of drug-likeness (QED) is 0.212. The Morgan fingerprint density at radius 2 is 2.27 bits per heavy atom. The molecule has 0 saturated heterocycles. The molecule has 0 N–H and O–H groups in total. The summed E-state index contributed by atoms with van der Waals surface area (Å²) in [6, 6.07) is 0. The third kappa shape index (κ3) is 2.84. The van der Waals surface area contributed by atoms with Gasteiger partial charge in [-0.05, 0) is 11.6 Å². The summed E-state index contributed by atoms with van der Waals surface area (Å²) in [5, 5.41) is 10.3. The zero-order valence-corrected chi connectivity index (χ0v) is 7.00. The summed E-state index contributed by atoms with van der Waals surface area (Å²) < 4.78 is 0. The van der Waals surface area contributed by atoms with E-state index in [4.69, 9.17) is 11.6 Å². The Bertz CT molecular complexity index is 162. The molecule has 0 spiro atoms. The zero-order chi connectivity index (χ0) is 8.91. The summed E-state index contributed by atoms with van der Waals surface area (Å²) in [6.07, 6.45) is 1.10. The van der Waals surface area contributed by atoms with E-state index < -0.39 is 9.92 Å². The van der Waals surface area contributed by atoms with E-state index in [1.807, 2.05) is 0 Å². The molecule has 0 fully saturated rings. The molecule has 0 radical (unpaired) electrons. The second kappa shape index (κ2) is 4.28. The third-order valence-corrected chi connectivity index (χ3v) is 2.11. The lowest BCUT2D eigenvalue weighted by molar-refractivity contribution is -0.543. The summed E-state index contributed by atoms with van der Waals surface area (Å²) in [7, 11) is 0. The molecule has 0 aromatic rings. The normalized spacial score (nSPS) is 15.5. The Hall–Kier alpha value is -0.640. The van der Waals surface area contributed by atoms with Gasteiger partial charge in [0.1, 0.15) is 6.29 Å². The Balaban J connectivity index is 4.09. The summed E-state index contributed by atoms with van der Waals surface area (Å²) in [5.41, 5.74) is 0. The lowest BCUT2D eigenvalue weighted by atomic mass is 10.1. The summed E-state index contributed by atoms with van der Waals surface area (Å²) in [4.78, 5) is 18.2. The zero-order valence-electron chi connectivity index (χ0n) is 6.25. The number of alkyl halides is 1. The molecule has 0 aliphatic heterocycles. The minimum Gasteiger partial charge on any atom is -0.303 e. The predicted octanol–water partition coefficient (Wildman–Crippen LogP) is 1.59. The molecule has 4 nitrogen and oxygen atoms in total. The van der Waals surface area contributed by atoms with Gasteiger partial charge in [-0.1, -0.05) is 6.92 Å². The van der Waals surface area contributed by atoms with Gasteiger partial charge in [-0.2, -0.15) is 0 Å². The maximum absolute atomic E-state index is 10.3. The van der Waals surface area contributed by atoms with Gasteiger partial charge >= 0.3 is 0 Å². The molecular weight excluding hydrogens is 170 g/mol. The monoisotopic (exact) mass is 179 g/mol. The van der Waals surface area contributed by atoms with E-state index in [0.717, 1.165) is 0 Å². The van der Waals surface area contributed by atoms with Crippen LogP contribution in [0.1, 0.15) is 26.2 Å². The number of hydrogen-bond acceptors (Lipinski definition) is 3. The fourth-order valence-electron chi connectivity index (χ4n) is 0.677. The first kappa shape index (κ1) is 10.4. The number of aldehydes is 1. The van der Waals surface area contributed by atoms with E-state index in [1.54, 1.807) is 6.92 Å². The number of nitro groups is 1. The van der Waals surface area contributed by atoms with Crippen LogP contribution in [0.3, 0.4) is 0 Å². The fourth-order valence-corrected chi connectivity index (χ4v) is 0.786. The summed E-state index contributed by atoms with van der Waals surface area (Å²) >= 11 is 5.58. The Morgan fingerprint density at radius 1 is 1.73 bits per heavy atom. The van der Waals surface area contributed by atoms with Crippen LogP contribution < -0.4 is 0 Å². The van der Waals surface area contributed by atoms with Crippen LogP contribution in [0.2, 0.25) is 0 Å². The van der Waals surface area contributed by atoms with Crippen LogP contribution in [0.5, 0.6) is 0 Å². The van der Waals surface area contributed by atoms with Crippen molar-refractivity contribution in [1.82, 2.24) is 0 Å². The average molecular weight is 180 g/mol. The number of halogens is 1. The van der Waals surface area contributed by atoms with Crippen LogP contribution in [-0.4, -0.2) is 16.2 Å². The maximum Gasteiger partial charge on any atom is 0.295 e. The van der Waals surface area contributed by atoms with Crippen LogP contribution in [0.4, 0.5) is 0 Å². The molecular formula is C6H10ClNO3. The number of carbonyl (C=O) groups is 1. The second-order valence-electron chi connectivity index (χ2n) is 2.23. The van der Waals surface area contributed by atoms with Crippen molar-refractivity contribution in [2.24, 2.45) is 0 Å². The summed E-state index contributed by atoms with van der Waals surface area (Å²) in [6.45, 7) is 1.63. The van der Waals surface area contributed by atoms with Gasteiger partial charge in [-0.3, -0.25) is 10.1 Å². The van der Waals surface area contributed by atoms with Gasteiger partial charge in [-0.15, -0.1) is 0 Å². The first-order valence-corrected chi connectivity index (χ1v) is 3.71. The molecule has 5 heteroatoms. The average Bonchev–Trinajstić information content (AvgIpc) is 2.00. The van der Waals surface area contributed by atoms with Gasteiger partial charge in [-0.25, -0.2) is 0 Å². The lowest BCUT2D eigenvalue weighted by Gasteiger charge is -2.14. The number of rotatable bonds is 5. The Labute approximate surface area is 69.7 Å². The van der Waals surface area contributed by atoms with Crippen LogP contribution in [0, 0.1) is 10.1 Å². The van der Waals surface area contributed by atoms with E-state index in [-0.39, 0.29) is 19.3 Å². The van der Waals surface area contributed by atoms with E-state index in [1.165, 1.54) is 0 Å². The molecule has 11 heavy (non-hydrogen) atoms. The van der Waals surface area contributed by atoms with Gasteiger partial charge in [0.25, 0.3) is 5.00 Å². The molecule has 1 unspecified atom stereocenters. The van der Waals surface area contributed by atoms with Crippen molar-refractivity contribution in [3.05, 3.63) is 10.1 Å². The fraction of sp³-hybridized carbons (Fsp3) is 0.833.